The lowest BCUT2D eigenvalue weighted by atomic mass is 9.91. The zero-order chi connectivity index (χ0) is 31.7. The van der Waals surface area contributed by atoms with E-state index in [1.807, 2.05) is 10.6 Å². The fourth-order valence-electron chi connectivity index (χ4n) is 3.29. The van der Waals surface area contributed by atoms with Crippen molar-refractivity contribution in [3.05, 3.63) is 73.7 Å². The maximum absolute atomic E-state index is 13.8. The summed E-state index contributed by atoms with van der Waals surface area (Å²) in [5, 5.41) is 3.05. The smallest absolute Gasteiger partial charge is 0.336 e. The molecule has 0 aliphatic carbocycles. The van der Waals surface area contributed by atoms with Crippen LogP contribution in [0.25, 0.3) is 6.08 Å². The van der Waals surface area contributed by atoms with Crippen LogP contribution >= 0.6 is 34.8 Å². The van der Waals surface area contributed by atoms with Crippen LogP contribution in [0.5, 0.6) is 0 Å². The summed E-state index contributed by atoms with van der Waals surface area (Å²) in [7, 11) is 0. The Morgan fingerprint density at radius 3 is 1.85 bits per heavy atom. The molecule has 0 aromatic heterocycles. The first-order valence-corrected chi connectivity index (χ1v) is 12.4. The molecule has 0 saturated carbocycles. The van der Waals surface area contributed by atoms with Gasteiger partial charge in [0.1, 0.15) is 5.41 Å². The van der Waals surface area contributed by atoms with Gasteiger partial charge >= 0.3 is 18.5 Å². The normalized spacial score (nSPS) is 14.6. The van der Waals surface area contributed by atoms with Gasteiger partial charge in [-0.1, -0.05) is 53.0 Å². The van der Waals surface area contributed by atoms with Crippen molar-refractivity contribution in [3.8, 4) is 0 Å². The van der Waals surface area contributed by atoms with Crippen molar-refractivity contribution in [1.82, 2.24) is 10.6 Å². The third-order valence-corrected chi connectivity index (χ3v) is 6.96. The van der Waals surface area contributed by atoms with Gasteiger partial charge in [0, 0.05) is 0 Å². The highest BCUT2D eigenvalue weighted by Gasteiger charge is 2.53. The monoisotopic (exact) mass is 656 g/mol. The average Bonchev–Trinajstić information content (AvgIpc) is 2.80. The van der Waals surface area contributed by atoms with E-state index in [0.717, 1.165) is 31.2 Å². The van der Waals surface area contributed by atoms with Crippen molar-refractivity contribution >= 4 is 52.7 Å². The molecule has 41 heavy (non-hydrogen) atoms. The quantitative estimate of drug-likeness (QED) is 0.178. The third-order valence-electron chi connectivity index (χ3n) is 5.76. The van der Waals surface area contributed by atoms with Crippen LogP contribution in [0, 0.1) is 5.41 Å². The lowest BCUT2D eigenvalue weighted by molar-refractivity contribution is -0.211. The molecule has 16 heteroatoms. The Morgan fingerprint density at radius 1 is 0.854 bits per heavy atom. The maximum Gasteiger partial charge on any atom is 0.417 e. The van der Waals surface area contributed by atoms with Crippen molar-refractivity contribution in [2.24, 2.45) is 5.41 Å². The fraction of sp³-hybridized carbons (Fsp3) is 0.360. The van der Waals surface area contributed by atoms with Crippen LogP contribution in [0.15, 0.2) is 36.4 Å². The van der Waals surface area contributed by atoms with Crippen LogP contribution in [-0.4, -0.2) is 30.3 Å². The molecule has 2 N–H and O–H groups in total. The van der Waals surface area contributed by atoms with Crippen molar-refractivity contribution in [3.63, 3.8) is 0 Å². The van der Waals surface area contributed by atoms with Gasteiger partial charge < -0.3 is 10.6 Å². The van der Waals surface area contributed by atoms with Gasteiger partial charge in [0.05, 0.1) is 38.3 Å². The van der Waals surface area contributed by atoms with E-state index < -0.39 is 64.5 Å². The van der Waals surface area contributed by atoms with Gasteiger partial charge in [-0.3, -0.25) is 9.59 Å². The summed E-state index contributed by atoms with van der Waals surface area (Å²) in [6.07, 6.45) is -15.3. The zero-order valence-corrected chi connectivity index (χ0v) is 23.3. The maximum atomic E-state index is 13.8. The molecule has 0 fully saturated rings. The lowest BCUT2D eigenvalue weighted by Crippen LogP contribution is -2.53. The van der Waals surface area contributed by atoms with Gasteiger partial charge in [0.15, 0.2) is 0 Å². The largest absolute Gasteiger partial charge is 0.417 e. The second-order valence-corrected chi connectivity index (χ2v) is 10.5. The van der Waals surface area contributed by atoms with Crippen LogP contribution in [0.2, 0.25) is 15.1 Å². The number of carbonyl (C=O) groups excluding carboxylic acids is 2. The molecule has 2 aromatic carbocycles. The summed E-state index contributed by atoms with van der Waals surface area (Å²) < 4.78 is 122. The van der Waals surface area contributed by atoms with E-state index in [9.17, 15) is 49.1 Å². The standard InChI is InChI=1S/C25H20Cl3F9N2O2/c1-11(39-21(41)22(2,3)25(35,36)37)38-20(40)14-6-4-12(8-16(14)24(32,33)34)5-7-15(23(29,30)31)13-9-17(26)19(28)18(27)10-13/h4-11,15H,1-3H3,(H,38,40)(H,39,41)/b7-5+/t11-,15?/m0/s1. The highest BCUT2D eigenvalue weighted by molar-refractivity contribution is 6.48. The van der Waals surface area contributed by atoms with Crippen molar-refractivity contribution in [1.29, 1.82) is 0 Å². The Hall–Kier alpha value is -2.64. The van der Waals surface area contributed by atoms with Crippen LogP contribution < -0.4 is 10.6 Å². The summed E-state index contributed by atoms with van der Waals surface area (Å²) in [5.41, 5.74) is -6.22. The van der Waals surface area contributed by atoms with Crippen LogP contribution in [0.3, 0.4) is 0 Å². The molecule has 2 atom stereocenters. The van der Waals surface area contributed by atoms with Crippen LogP contribution in [0.1, 0.15) is 53.7 Å². The Morgan fingerprint density at radius 2 is 1.39 bits per heavy atom. The van der Waals surface area contributed by atoms with Gasteiger partial charge in [-0.05, 0) is 56.2 Å². The minimum Gasteiger partial charge on any atom is -0.336 e. The van der Waals surface area contributed by atoms with Gasteiger partial charge in [0.2, 0.25) is 5.91 Å². The number of nitrogens with one attached hydrogen (secondary N) is 2. The Kier molecular flexibility index (Phi) is 10.4. The molecule has 4 nitrogen and oxygen atoms in total. The first-order chi connectivity index (χ1) is 18.5. The number of rotatable bonds is 7. The predicted octanol–water partition coefficient (Wildman–Crippen LogP) is 8.81. The Bertz CT molecular complexity index is 1310. The van der Waals surface area contributed by atoms with E-state index in [1.54, 1.807) is 0 Å². The fourth-order valence-corrected chi connectivity index (χ4v) is 3.90. The first kappa shape index (κ1) is 34.6. The minimum atomic E-state index is -5.16. The molecule has 2 aromatic rings. The van der Waals surface area contributed by atoms with Crippen molar-refractivity contribution in [2.75, 3.05) is 0 Å². The third kappa shape index (κ3) is 8.45. The molecule has 0 aliphatic heterocycles. The predicted molar refractivity (Wildman–Crippen MR) is 136 cm³/mol. The van der Waals surface area contributed by atoms with Gasteiger partial charge in [-0.15, -0.1) is 0 Å². The molecule has 0 spiro atoms. The summed E-state index contributed by atoms with van der Waals surface area (Å²) in [6, 6.07) is 3.82. The number of benzene rings is 2. The van der Waals surface area contributed by atoms with Crippen molar-refractivity contribution in [2.45, 2.75) is 51.4 Å². The molecule has 0 bridgehead atoms. The van der Waals surface area contributed by atoms with Crippen LogP contribution in [-0.2, 0) is 11.0 Å². The average molecular weight is 658 g/mol. The van der Waals surface area contributed by atoms with Gasteiger partial charge in [-0.2, -0.15) is 39.5 Å². The summed E-state index contributed by atoms with van der Waals surface area (Å²) in [6.45, 7) is 2.17. The molecule has 0 saturated heterocycles. The first-order valence-electron chi connectivity index (χ1n) is 11.3. The summed E-state index contributed by atoms with van der Waals surface area (Å²) in [4.78, 5) is 24.5. The molecule has 2 amide bonds. The van der Waals surface area contributed by atoms with E-state index in [4.69, 9.17) is 34.8 Å². The number of alkyl halides is 9. The topological polar surface area (TPSA) is 58.2 Å². The number of halogens is 12. The van der Waals surface area contributed by atoms with E-state index in [1.165, 1.54) is 0 Å². The Balaban J connectivity index is 2.38. The molecule has 0 radical (unpaired) electrons. The molecule has 0 heterocycles. The Labute approximate surface area is 242 Å². The van der Waals surface area contributed by atoms with E-state index in [2.05, 4.69) is 0 Å². The zero-order valence-electron chi connectivity index (χ0n) is 21.0. The molecule has 1 unspecified atom stereocenters. The summed E-state index contributed by atoms with van der Waals surface area (Å²) >= 11 is 17.4. The number of allylic oxidation sites excluding steroid dienone is 1. The SMILES string of the molecule is C[C@@H](NC(=O)c1ccc(/C=C/C(c2cc(Cl)c(Cl)c(Cl)c2)C(F)(F)F)cc1C(F)(F)F)NC(=O)C(C)(C)C(F)(F)F. The molecular formula is C25H20Cl3F9N2O2. The second-order valence-electron chi connectivity index (χ2n) is 9.27. The summed E-state index contributed by atoms with van der Waals surface area (Å²) in [5.74, 6) is -5.31. The minimum absolute atomic E-state index is 0.191. The molecule has 0 aliphatic rings. The van der Waals surface area contributed by atoms with Crippen molar-refractivity contribution < 1.29 is 49.1 Å². The number of hydrogen-bond acceptors (Lipinski definition) is 2. The second kappa shape index (κ2) is 12.3. The number of amides is 2. The highest BCUT2D eigenvalue weighted by atomic mass is 35.5. The highest BCUT2D eigenvalue weighted by Crippen LogP contribution is 2.41. The number of hydrogen-bond donors (Lipinski definition) is 2. The van der Waals surface area contributed by atoms with Crippen LogP contribution in [0.4, 0.5) is 39.5 Å². The van der Waals surface area contributed by atoms with E-state index >= 15 is 0 Å². The molecular weight excluding hydrogens is 638 g/mol. The van der Waals surface area contributed by atoms with Gasteiger partial charge in [-0.25, -0.2) is 0 Å². The number of carbonyl (C=O) groups is 2. The van der Waals surface area contributed by atoms with E-state index in [0.29, 0.717) is 32.1 Å². The van der Waals surface area contributed by atoms with Gasteiger partial charge in [0.25, 0.3) is 5.91 Å². The lowest BCUT2D eigenvalue weighted by Gasteiger charge is -2.28. The van der Waals surface area contributed by atoms with E-state index in [-0.39, 0.29) is 20.6 Å². The molecule has 2 rings (SSSR count). The molecule has 226 valence electrons.